The van der Waals surface area contributed by atoms with Gasteiger partial charge in [-0.15, -0.1) is 0 Å². The molecule has 0 spiro atoms. The zero-order chi connectivity index (χ0) is 18.5. The number of fused-ring (bicyclic) bond motifs is 5. The third kappa shape index (κ3) is 2.18. The Kier molecular flexibility index (Phi) is 3.27. The number of hydrogen-bond acceptors (Lipinski definition) is 0. The Balaban J connectivity index is 1.89. The summed E-state index contributed by atoms with van der Waals surface area (Å²) in [6.07, 6.45) is 0. The van der Waals surface area contributed by atoms with Crippen LogP contribution in [0, 0.1) is 6.07 Å². The van der Waals surface area contributed by atoms with Crippen LogP contribution in [0.5, 0.6) is 0 Å². The van der Waals surface area contributed by atoms with Crippen LogP contribution in [-0.4, -0.2) is 0 Å². The Morgan fingerprint density at radius 1 is 0.464 bits per heavy atom. The fourth-order valence-electron chi connectivity index (χ4n) is 4.49. The summed E-state index contributed by atoms with van der Waals surface area (Å²) in [6.45, 7) is 0. The van der Waals surface area contributed by atoms with Crippen molar-refractivity contribution in [1.82, 2.24) is 0 Å². The molecule has 0 heteroatoms. The van der Waals surface area contributed by atoms with Gasteiger partial charge in [0.15, 0.2) is 0 Å². The first-order chi connectivity index (χ1) is 13.9. The second-order valence-corrected chi connectivity index (χ2v) is 7.29. The van der Waals surface area contributed by atoms with Gasteiger partial charge in [-0.3, -0.25) is 0 Å². The molecule has 0 N–H and O–H groups in total. The molecule has 28 heavy (non-hydrogen) atoms. The Morgan fingerprint density at radius 2 is 1.04 bits per heavy atom. The second-order valence-electron chi connectivity index (χ2n) is 7.29. The average molecular weight is 353 g/mol. The molecular formula is C28H17. The van der Waals surface area contributed by atoms with Crippen LogP contribution in [0.2, 0.25) is 0 Å². The number of benzene rings is 6. The summed E-state index contributed by atoms with van der Waals surface area (Å²) in [5, 5.41) is 10.1. The molecule has 0 aromatic heterocycles. The predicted molar refractivity (Wildman–Crippen MR) is 121 cm³/mol. The minimum Gasteiger partial charge on any atom is -0.0616 e. The van der Waals surface area contributed by atoms with Crippen LogP contribution in [0.15, 0.2) is 103 Å². The molecule has 0 nitrogen and oxygen atoms in total. The van der Waals surface area contributed by atoms with Crippen molar-refractivity contribution in [3.63, 3.8) is 0 Å². The van der Waals surface area contributed by atoms with Gasteiger partial charge in [0.2, 0.25) is 0 Å². The minimum absolute atomic E-state index is 1.16. The van der Waals surface area contributed by atoms with Crippen LogP contribution in [-0.2, 0) is 0 Å². The number of rotatable bonds is 1. The highest BCUT2D eigenvalue weighted by molar-refractivity contribution is 6.21. The minimum atomic E-state index is 1.16. The monoisotopic (exact) mass is 353 g/mol. The highest BCUT2D eigenvalue weighted by atomic mass is 14.2. The molecule has 6 aromatic carbocycles. The summed E-state index contributed by atoms with van der Waals surface area (Å²) >= 11 is 0. The molecule has 0 fully saturated rings. The summed E-state index contributed by atoms with van der Waals surface area (Å²) in [5.41, 5.74) is 2.59. The van der Waals surface area contributed by atoms with E-state index in [-0.39, 0.29) is 0 Å². The summed E-state index contributed by atoms with van der Waals surface area (Å²) in [7, 11) is 0. The first kappa shape index (κ1) is 15.4. The summed E-state index contributed by atoms with van der Waals surface area (Å²) in [5.74, 6) is 0. The van der Waals surface area contributed by atoms with Crippen molar-refractivity contribution in [2.45, 2.75) is 0 Å². The molecule has 0 saturated heterocycles. The Hall–Kier alpha value is -3.64. The van der Waals surface area contributed by atoms with Gasteiger partial charge in [0.1, 0.15) is 0 Å². The average Bonchev–Trinajstić information content (AvgIpc) is 2.77. The van der Waals surface area contributed by atoms with E-state index in [0.717, 1.165) is 5.39 Å². The van der Waals surface area contributed by atoms with Gasteiger partial charge in [-0.25, -0.2) is 0 Å². The van der Waals surface area contributed by atoms with Crippen LogP contribution >= 0.6 is 0 Å². The third-order valence-electron chi connectivity index (χ3n) is 5.72. The lowest BCUT2D eigenvalue weighted by Crippen LogP contribution is -1.88. The molecule has 0 atom stereocenters. The van der Waals surface area contributed by atoms with Crippen LogP contribution in [0.25, 0.3) is 54.2 Å². The molecule has 0 amide bonds. The zero-order valence-corrected chi connectivity index (χ0v) is 15.3. The molecule has 0 aliphatic heterocycles. The fraction of sp³-hybridized carbons (Fsp3) is 0. The molecule has 1 radical (unpaired) electrons. The van der Waals surface area contributed by atoms with E-state index in [4.69, 9.17) is 0 Å². The molecule has 0 unspecified atom stereocenters. The normalized spacial score (nSPS) is 11.6. The van der Waals surface area contributed by atoms with Crippen molar-refractivity contribution in [3.05, 3.63) is 109 Å². The lowest BCUT2D eigenvalue weighted by Gasteiger charge is -2.16. The van der Waals surface area contributed by atoms with Crippen molar-refractivity contribution >= 4 is 43.1 Å². The van der Waals surface area contributed by atoms with E-state index in [1.807, 2.05) is 6.07 Å². The van der Waals surface area contributed by atoms with Gasteiger partial charge >= 0.3 is 0 Å². The zero-order valence-electron chi connectivity index (χ0n) is 15.3. The summed E-state index contributed by atoms with van der Waals surface area (Å²) in [4.78, 5) is 0. The molecule has 0 saturated carbocycles. The van der Waals surface area contributed by atoms with E-state index in [0.29, 0.717) is 0 Å². The van der Waals surface area contributed by atoms with Crippen LogP contribution < -0.4 is 0 Å². The molecule has 0 heterocycles. The summed E-state index contributed by atoms with van der Waals surface area (Å²) < 4.78 is 0. The van der Waals surface area contributed by atoms with Gasteiger partial charge in [-0.05, 0) is 72.4 Å². The van der Waals surface area contributed by atoms with Gasteiger partial charge in [0, 0.05) is 0 Å². The largest absolute Gasteiger partial charge is 0.0616 e. The summed E-state index contributed by atoms with van der Waals surface area (Å²) in [6, 6.07) is 40.5. The van der Waals surface area contributed by atoms with E-state index < -0.39 is 0 Å². The maximum Gasteiger partial charge on any atom is -0.00204 e. The van der Waals surface area contributed by atoms with E-state index in [1.165, 1.54) is 48.8 Å². The van der Waals surface area contributed by atoms with Gasteiger partial charge in [-0.1, -0.05) is 91.0 Å². The molecule has 0 bridgehead atoms. The number of hydrogen-bond donors (Lipinski definition) is 0. The second kappa shape index (κ2) is 5.94. The van der Waals surface area contributed by atoms with Crippen molar-refractivity contribution < 1.29 is 0 Å². The molecule has 129 valence electrons. The third-order valence-corrected chi connectivity index (χ3v) is 5.72. The Morgan fingerprint density at radius 3 is 1.75 bits per heavy atom. The van der Waals surface area contributed by atoms with E-state index in [2.05, 4.69) is 103 Å². The first-order valence-corrected chi connectivity index (χ1v) is 9.63. The quantitative estimate of drug-likeness (QED) is 0.209. The molecule has 0 aliphatic rings. The lowest BCUT2D eigenvalue weighted by atomic mass is 9.87. The van der Waals surface area contributed by atoms with E-state index in [9.17, 15) is 0 Å². The van der Waals surface area contributed by atoms with Gasteiger partial charge in [-0.2, -0.15) is 0 Å². The molecule has 6 aromatic rings. The maximum atomic E-state index is 3.45. The standard InChI is InChI=1S/C28H17/c1-4-12-22-21(11-1)18-27(26-16-8-7-15-25(22)26)28-23-13-5-2-9-19(23)17-20-10-3-6-14-24(20)28/h1-10,12-18H. The predicted octanol–water partition coefficient (Wildman–Crippen LogP) is 7.77. The Bertz CT molecular complexity index is 1450. The van der Waals surface area contributed by atoms with Gasteiger partial charge in [0.25, 0.3) is 0 Å². The van der Waals surface area contributed by atoms with Crippen LogP contribution in [0.1, 0.15) is 0 Å². The van der Waals surface area contributed by atoms with E-state index >= 15 is 0 Å². The van der Waals surface area contributed by atoms with Crippen molar-refractivity contribution in [1.29, 1.82) is 0 Å². The smallest absolute Gasteiger partial charge is 0.00204 e. The van der Waals surface area contributed by atoms with Crippen molar-refractivity contribution in [2.24, 2.45) is 0 Å². The maximum absolute atomic E-state index is 3.45. The Labute approximate surface area is 163 Å². The SMILES string of the molecule is [c]1cccc2c1cc(-c1c3ccccc3cc3ccccc13)c1ccccc12. The van der Waals surface area contributed by atoms with Crippen LogP contribution in [0.4, 0.5) is 0 Å². The highest BCUT2D eigenvalue weighted by Gasteiger charge is 2.14. The van der Waals surface area contributed by atoms with Gasteiger partial charge < -0.3 is 0 Å². The molecule has 0 aliphatic carbocycles. The fourth-order valence-corrected chi connectivity index (χ4v) is 4.49. The highest BCUT2D eigenvalue weighted by Crippen LogP contribution is 2.41. The van der Waals surface area contributed by atoms with Crippen molar-refractivity contribution in [3.8, 4) is 11.1 Å². The molecular weight excluding hydrogens is 336 g/mol. The lowest BCUT2D eigenvalue weighted by molar-refractivity contribution is 1.71. The van der Waals surface area contributed by atoms with Gasteiger partial charge in [0.05, 0.1) is 0 Å². The first-order valence-electron chi connectivity index (χ1n) is 9.63. The van der Waals surface area contributed by atoms with Crippen molar-refractivity contribution in [2.75, 3.05) is 0 Å². The molecule has 6 rings (SSSR count). The topological polar surface area (TPSA) is 0 Å². The van der Waals surface area contributed by atoms with E-state index in [1.54, 1.807) is 0 Å². The van der Waals surface area contributed by atoms with Crippen LogP contribution in [0.3, 0.4) is 0 Å².